The number of aromatic nitrogens is 3. The van der Waals surface area contributed by atoms with Crippen molar-refractivity contribution in [2.24, 2.45) is 5.73 Å². The second-order valence-electron chi connectivity index (χ2n) is 5.30. The summed E-state index contributed by atoms with van der Waals surface area (Å²) >= 11 is 0. The fourth-order valence-corrected chi connectivity index (χ4v) is 2.66. The summed E-state index contributed by atoms with van der Waals surface area (Å²) < 4.78 is 2.28. The second-order valence-corrected chi connectivity index (χ2v) is 5.30. The van der Waals surface area contributed by atoms with E-state index in [2.05, 4.69) is 40.7 Å². The first kappa shape index (κ1) is 13.8. The van der Waals surface area contributed by atoms with Crippen LogP contribution in [0.1, 0.15) is 24.6 Å². The topological polar surface area (TPSA) is 56.7 Å². The van der Waals surface area contributed by atoms with Crippen LogP contribution < -0.4 is 5.73 Å². The highest BCUT2D eigenvalue weighted by Crippen LogP contribution is 2.26. The van der Waals surface area contributed by atoms with E-state index in [9.17, 15) is 0 Å². The molecule has 0 spiro atoms. The Balaban J connectivity index is 2.23. The molecule has 21 heavy (non-hydrogen) atoms. The fourth-order valence-electron chi connectivity index (χ4n) is 2.66. The molecule has 0 radical (unpaired) electrons. The van der Waals surface area contributed by atoms with Crippen molar-refractivity contribution >= 4 is 11.0 Å². The smallest absolute Gasteiger partial charge is 0.141 e. The lowest BCUT2D eigenvalue weighted by molar-refractivity contribution is 0.704. The molecule has 4 heteroatoms. The maximum absolute atomic E-state index is 5.73. The summed E-state index contributed by atoms with van der Waals surface area (Å²) in [6.07, 6.45) is 2.91. The summed E-state index contributed by atoms with van der Waals surface area (Å²) in [6.45, 7) is 5.68. The van der Waals surface area contributed by atoms with Crippen molar-refractivity contribution in [1.82, 2.24) is 14.5 Å². The molecule has 1 aromatic carbocycles. The average Bonchev–Trinajstić information content (AvgIpc) is 2.85. The summed E-state index contributed by atoms with van der Waals surface area (Å²) in [5, 5.41) is 0. The standard InChI is InChI=1S/C17H20N4/c1-3-8-21-16-5-4-13(11-18)10-15(16)20-17(21)14-6-7-19-12(2)9-14/h4-7,9-10H,3,8,11,18H2,1-2H3. The molecule has 0 amide bonds. The van der Waals surface area contributed by atoms with E-state index in [1.807, 2.05) is 19.2 Å². The van der Waals surface area contributed by atoms with Crippen molar-refractivity contribution in [1.29, 1.82) is 0 Å². The second kappa shape index (κ2) is 5.66. The molecule has 0 aliphatic carbocycles. The van der Waals surface area contributed by atoms with E-state index >= 15 is 0 Å². The van der Waals surface area contributed by atoms with Crippen molar-refractivity contribution in [3.8, 4) is 11.4 Å². The Morgan fingerprint density at radius 3 is 2.76 bits per heavy atom. The predicted molar refractivity (Wildman–Crippen MR) is 85.9 cm³/mol. The Labute approximate surface area is 124 Å². The molecular formula is C17H20N4. The zero-order chi connectivity index (χ0) is 14.8. The van der Waals surface area contributed by atoms with E-state index < -0.39 is 0 Å². The normalized spacial score (nSPS) is 11.2. The summed E-state index contributed by atoms with van der Waals surface area (Å²) in [5.41, 5.74) is 11.1. The molecule has 0 aliphatic heterocycles. The largest absolute Gasteiger partial charge is 0.326 e. The van der Waals surface area contributed by atoms with E-state index in [-0.39, 0.29) is 0 Å². The number of fused-ring (bicyclic) bond motifs is 1. The van der Waals surface area contributed by atoms with Gasteiger partial charge in [-0.25, -0.2) is 4.98 Å². The van der Waals surface area contributed by atoms with Crippen molar-refractivity contribution < 1.29 is 0 Å². The monoisotopic (exact) mass is 280 g/mol. The molecule has 0 fully saturated rings. The van der Waals surface area contributed by atoms with E-state index in [0.717, 1.165) is 41.1 Å². The zero-order valence-electron chi connectivity index (χ0n) is 12.5. The lowest BCUT2D eigenvalue weighted by Gasteiger charge is -2.08. The van der Waals surface area contributed by atoms with Crippen LogP contribution in [0.2, 0.25) is 0 Å². The van der Waals surface area contributed by atoms with Crippen molar-refractivity contribution in [2.75, 3.05) is 0 Å². The Bertz CT molecular complexity index is 774. The third kappa shape index (κ3) is 2.54. The van der Waals surface area contributed by atoms with Gasteiger partial charge < -0.3 is 10.3 Å². The van der Waals surface area contributed by atoms with Gasteiger partial charge in [0.1, 0.15) is 5.82 Å². The summed E-state index contributed by atoms with van der Waals surface area (Å²) in [5.74, 6) is 1.01. The van der Waals surface area contributed by atoms with Crippen molar-refractivity contribution in [3.05, 3.63) is 47.8 Å². The third-order valence-electron chi connectivity index (χ3n) is 3.65. The zero-order valence-corrected chi connectivity index (χ0v) is 12.5. The number of nitrogens with two attached hydrogens (primary N) is 1. The molecule has 0 saturated carbocycles. The number of imidazole rings is 1. The molecule has 0 saturated heterocycles. The van der Waals surface area contributed by atoms with Crippen LogP contribution >= 0.6 is 0 Å². The molecule has 2 heterocycles. The number of rotatable bonds is 4. The number of pyridine rings is 1. The summed E-state index contributed by atoms with van der Waals surface area (Å²) in [7, 11) is 0. The highest BCUT2D eigenvalue weighted by molar-refractivity contribution is 5.81. The van der Waals surface area contributed by atoms with Gasteiger partial charge >= 0.3 is 0 Å². The van der Waals surface area contributed by atoms with E-state index in [1.165, 1.54) is 5.52 Å². The number of aryl methyl sites for hydroxylation is 2. The molecule has 0 unspecified atom stereocenters. The lowest BCUT2D eigenvalue weighted by Crippen LogP contribution is -2.00. The van der Waals surface area contributed by atoms with E-state index in [0.29, 0.717) is 6.54 Å². The van der Waals surface area contributed by atoms with Gasteiger partial charge in [-0.1, -0.05) is 13.0 Å². The van der Waals surface area contributed by atoms with Crippen LogP contribution in [-0.4, -0.2) is 14.5 Å². The van der Waals surface area contributed by atoms with Gasteiger partial charge in [-0.3, -0.25) is 4.98 Å². The highest BCUT2D eigenvalue weighted by atomic mass is 15.1. The van der Waals surface area contributed by atoms with Gasteiger partial charge in [-0.15, -0.1) is 0 Å². The molecule has 0 atom stereocenters. The predicted octanol–water partition coefficient (Wildman–Crippen LogP) is 3.28. The minimum absolute atomic E-state index is 0.542. The van der Waals surface area contributed by atoms with Crippen LogP contribution in [0.15, 0.2) is 36.5 Å². The van der Waals surface area contributed by atoms with Gasteiger partial charge in [-0.2, -0.15) is 0 Å². The molecule has 4 nitrogen and oxygen atoms in total. The van der Waals surface area contributed by atoms with E-state index in [1.54, 1.807) is 0 Å². The van der Waals surface area contributed by atoms with Crippen LogP contribution in [0.3, 0.4) is 0 Å². The maximum atomic E-state index is 5.73. The van der Waals surface area contributed by atoms with Crippen molar-refractivity contribution in [2.45, 2.75) is 33.4 Å². The lowest BCUT2D eigenvalue weighted by atomic mass is 10.2. The summed E-state index contributed by atoms with van der Waals surface area (Å²) in [4.78, 5) is 9.10. The van der Waals surface area contributed by atoms with E-state index in [4.69, 9.17) is 10.7 Å². The summed E-state index contributed by atoms with van der Waals surface area (Å²) in [6, 6.07) is 10.4. The molecule has 3 aromatic rings. The minimum Gasteiger partial charge on any atom is -0.326 e. The van der Waals surface area contributed by atoms with Crippen LogP contribution in [0.4, 0.5) is 0 Å². The highest BCUT2D eigenvalue weighted by Gasteiger charge is 2.12. The van der Waals surface area contributed by atoms with Gasteiger partial charge in [0, 0.05) is 30.5 Å². The molecular weight excluding hydrogens is 260 g/mol. The Morgan fingerprint density at radius 2 is 2.05 bits per heavy atom. The maximum Gasteiger partial charge on any atom is 0.141 e. The van der Waals surface area contributed by atoms with Crippen LogP contribution in [0.25, 0.3) is 22.4 Å². The Kier molecular flexibility index (Phi) is 3.71. The van der Waals surface area contributed by atoms with Crippen LogP contribution in [0.5, 0.6) is 0 Å². The van der Waals surface area contributed by atoms with Gasteiger partial charge in [0.05, 0.1) is 11.0 Å². The van der Waals surface area contributed by atoms with Gasteiger partial charge in [0.2, 0.25) is 0 Å². The van der Waals surface area contributed by atoms with Crippen LogP contribution in [-0.2, 0) is 13.1 Å². The molecule has 0 bridgehead atoms. The molecule has 3 rings (SSSR count). The van der Waals surface area contributed by atoms with Gasteiger partial charge in [0.25, 0.3) is 0 Å². The Hall–Kier alpha value is -2.20. The number of hydrogen-bond acceptors (Lipinski definition) is 3. The third-order valence-corrected chi connectivity index (χ3v) is 3.65. The van der Waals surface area contributed by atoms with Gasteiger partial charge in [-0.05, 0) is 43.2 Å². The van der Waals surface area contributed by atoms with Crippen molar-refractivity contribution in [3.63, 3.8) is 0 Å². The fraction of sp³-hybridized carbons (Fsp3) is 0.294. The first-order valence-corrected chi connectivity index (χ1v) is 7.35. The number of benzene rings is 1. The van der Waals surface area contributed by atoms with Crippen LogP contribution in [0, 0.1) is 6.92 Å². The molecule has 2 N–H and O–H groups in total. The molecule has 108 valence electrons. The first-order valence-electron chi connectivity index (χ1n) is 7.35. The van der Waals surface area contributed by atoms with Gasteiger partial charge in [0.15, 0.2) is 0 Å². The molecule has 2 aromatic heterocycles. The molecule has 0 aliphatic rings. The quantitative estimate of drug-likeness (QED) is 0.798. The SMILES string of the molecule is CCCn1c(-c2ccnc(C)c2)nc2cc(CN)ccc21. The first-order chi connectivity index (χ1) is 10.2. The average molecular weight is 280 g/mol. The minimum atomic E-state index is 0.542. The Morgan fingerprint density at radius 1 is 1.19 bits per heavy atom. The number of nitrogens with zero attached hydrogens (tertiary/aromatic N) is 3. The number of hydrogen-bond donors (Lipinski definition) is 1.